The van der Waals surface area contributed by atoms with Gasteiger partial charge in [-0.25, -0.2) is 21.9 Å². The molecule has 0 amide bonds. The zero-order valence-electron chi connectivity index (χ0n) is 10.2. The van der Waals surface area contributed by atoms with E-state index >= 15 is 0 Å². The van der Waals surface area contributed by atoms with Crippen LogP contribution in [0, 0.1) is 11.6 Å². The molecule has 0 fully saturated rings. The van der Waals surface area contributed by atoms with Gasteiger partial charge in [0.15, 0.2) is 11.6 Å². The highest BCUT2D eigenvalue weighted by Crippen LogP contribution is 2.27. The van der Waals surface area contributed by atoms with Gasteiger partial charge in [0.2, 0.25) is 0 Å². The topological polar surface area (TPSA) is 46.2 Å². The van der Waals surface area contributed by atoms with Crippen molar-refractivity contribution in [2.75, 3.05) is 0 Å². The number of sulfonamides is 1. The van der Waals surface area contributed by atoms with E-state index in [1.54, 1.807) is 6.92 Å². The Morgan fingerprint density at radius 1 is 1.20 bits per heavy atom. The van der Waals surface area contributed by atoms with Gasteiger partial charge in [0.05, 0.1) is 4.34 Å². The van der Waals surface area contributed by atoms with E-state index in [1.807, 2.05) is 0 Å². The number of rotatable bonds is 4. The van der Waals surface area contributed by atoms with Gasteiger partial charge in [0.1, 0.15) is 4.21 Å². The normalized spacial score (nSPS) is 13.4. The predicted molar refractivity (Wildman–Crippen MR) is 74.4 cm³/mol. The first-order valence-corrected chi connectivity index (χ1v) is 8.20. The lowest BCUT2D eigenvalue weighted by atomic mass is 10.1. The van der Waals surface area contributed by atoms with Gasteiger partial charge in [0, 0.05) is 6.04 Å². The Labute approximate surface area is 124 Å². The van der Waals surface area contributed by atoms with Crippen molar-refractivity contribution in [3.05, 3.63) is 51.9 Å². The van der Waals surface area contributed by atoms with Gasteiger partial charge in [-0.3, -0.25) is 0 Å². The number of hydrogen-bond donors (Lipinski definition) is 1. The summed E-state index contributed by atoms with van der Waals surface area (Å²) < 4.78 is 52.9. The zero-order chi connectivity index (χ0) is 14.9. The maximum absolute atomic E-state index is 13.1. The van der Waals surface area contributed by atoms with E-state index in [1.165, 1.54) is 18.2 Å². The van der Waals surface area contributed by atoms with E-state index in [0.29, 0.717) is 9.90 Å². The van der Waals surface area contributed by atoms with Crippen LogP contribution in [0.15, 0.2) is 34.5 Å². The van der Waals surface area contributed by atoms with Crippen LogP contribution >= 0.6 is 22.9 Å². The van der Waals surface area contributed by atoms with Gasteiger partial charge in [-0.2, -0.15) is 0 Å². The monoisotopic (exact) mass is 337 g/mol. The Hall–Kier alpha value is -1.02. The SMILES string of the molecule is CC(NS(=O)(=O)c1ccc(Cl)s1)c1ccc(F)c(F)c1. The number of hydrogen-bond acceptors (Lipinski definition) is 3. The minimum absolute atomic E-state index is 0.0666. The van der Waals surface area contributed by atoms with Gasteiger partial charge in [0.25, 0.3) is 10.0 Å². The third-order valence-electron chi connectivity index (χ3n) is 2.59. The molecule has 0 saturated carbocycles. The summed E-state index contributed by atoms with van der Waals surface area (Å²) in [5, 5.41) is 0. The molecule has 0 spiro atoms. The first-order chi connectivity index (χ1) is 9.29. The van der Waals surface area contributed by atoms with Gasteiger partial charge < -0.3 is 0 Å². The average molecular weight is 338 g/mol. The molecule has 1 aromatic carbocycles. The van der Waals surface area contributed by atoms with Crippen LogP contribution in [0.25, 0.3) is 0 Å². The highest BCUT2D eigenvalue weighted by atomic mass is 35.5. The van der Waals surface area contributed by atoms with Crippen LogP contribution in [-0.4, -0.2) is 8.42 Å². The van der Waals surface area contributed by atoms with Gasteiger partial charge in [-0.1, -0.05) is 17.7 Å². The molecule has 1 aromatic heterocycles. The second-order valence-electron chi connectivity index (χ2n) is 4.08. The summed E-state index contributed by atoms with van der Waals surface area (Å²) in [5.74, 6) is -2.00. The summed E-state index contributed by atoms with van der Waals surface area (Å²) in [4.78, 5) is 0. The highest BCUT2D eigenvalue weighted by Gasteiger charge is 2.20. The molecule has 0 bridgehead atoms. The van der Waals surface area contributed by atoms with E-state index in [2.05, 4.69) is 4.72 Å². The quantitative estimate of drug-likeness (QED) is 0.924. The number of halogens is 3. The van der Waals surface area contributed by atoms with Crippen molar-refractivity contribution in [2.45, 2.75) is 17.2 Å². The van der Waals surface area contributed by atoms with Crippen LogP contribution in [0.3, 0.4) is 0 Å². The molecule has 3 nitrogen and oxygen atoms in total. The van der Waals surface area contributed by atoms with Crippen molar-refractivity contribution in [2.24, 2.45) is 0 Å². The minimum atomic E-state index is -3.74. The Bertz CT molecular complexity index is 731. The molecule has 0 aliphatic rings. The average Bonchev–Trinajstić information content (AvgIpc) is 2.79. The first-order valence-electron chi connectivity index (χ1n) is 5.52. The molecule has 1 atom stereocenters. The first kappa shape index (κ1) is 15.4. The van der Waals surface area contributed by atoms with Crippen molar-refractivity contribution >= 4 is 33.0 Å². The summed E-state index contributed by atoms with van der Waals surface area (Å²) in [6.07, 6.45) is 0. The van der Waals surface area contributed by atoms with Crippen LogP contribution in [0.4, 0.5) is 8.78 Å². The Kier molecular flexibility index (Phi) is 4.43. The number of benzene rings is 1. The molecule has 0 saturated heterocycles. The van der Waals surface area contributed by atoms with E-state index < -0.39 is 27.7 Å². The second kappa shape index (κ2) is 5.77. The minimum Gasteiger partial charge on any atom is -0.206 e. The molecular formula is C12H10ClF2NO2S2. The Morgan fingerprint density at radius 3 is 2.45 bits per heavy atom. The van der Waals surface area contributed by atoms with Crippen LogP contribution in [0.5, 0.6) is 0 Å². The maximum Gasteiger partial charge on any atom is 0.250 e. The molecule has 8 heteroatoms. The maximum atomic E-state index is 13.1. The van der Waals surface area contributed by atoms with Crippen LogP contribution in [0.1, 0.15) is 18.5 Å². The molecule has 1 unspecified atom stereocenters. The molecule has 0 aliphatic heterocycles. The fourth-order valence-corrected chi connectivity index (χ4v) is 4.31. The van der Waals surface area contributed by atoms with Gasteiger partial charge in [-0.15, -0.1) is 11.3 Å². The summed E-state index contributed by atoms with van der Waals surface area (Å²) in [6.45, 7) is 1.54. The summed E-state index contributed by atoms with van der Waals surface area (Å²) in [7, 11) is -3.74. The molecule has 1 N–H and O–H groups in total. The summed E-state index contributed by atoms with van der Waals surface area (Å²) in [5.41, 5.74) is 0.329. The third-order valence-corrected chi connectivity index (χ3v) is 5.85. The third kappa shape index (κ3) is 3.35. The van der Waals surface area contributed by atoms with Crippen LogP contribution in [0.2, 0.25) is 4.34 Å². The molecule has 2 aromatic rings. The van der Waals surface area contributed by atoms with Crippen LogP contribution in [-0.2, 0) is 10.0 Å². The van der Waals surface area contributed by atoms with Crippen molar-refractivity contribution in [1.82, 2.24) is 4.72 Å². The highest BCUT2D eigenvalue weighted by molar-refractivity contribution is 7.91. The zero-order valence-corrected chi connectivity index (χ0v) is 12.6. The van der Waals surface area contributed by atoms with Crippen molar-refractivity contribution in [3.63, 3.8) is 0 Å². The number of nitrogens with one attached hydrogen (secondary N) is 1. The molecule has 0 aliphatic carbocycles. The molecule has 2 rings (SSSR count). The summed E-state index contributed by atoms with van der Waals surface area (Å²) >= 11 is 6.61. The molecule has 0 radical (unpaired) electrons. The molecular weight excluding hydrogens is 328 g/mol. The van der Waals surface area contributed by atoms with Crippen LogP contribution < -0.4 is 4.72 Å². The van der Waals surface area contributed by atoms with Gasteiger partial charge >= 0.3 is 0 Å². The van der Waals surface area contributed by atoms with Crippen molar-refractivity contribution in [3.8, 4) is 0 Å². The van der Waals surface area contributed by atoms with Gasteiger partial charge in [-0.05, 0) is 36.8 Å². The Morgan fingerprint density at radius 2 is 1.90 bits per heavy atom. The standard InChI is InChI=1S/C12H10ClF2NO2S2/c1-7(8-2-3-9(14)10(15)6-8)16-20(17,18)12-5-4-11(13)19-12/h2-7,16H,1H3. The van der Waals surface area contributed by atoms with E-state index in [4.69, 9.17) is 11.6 Å². The molecule has 108 valence electrons. The second-order valence-corrected chi connectivity index (χ2v) is 7.73. The number of thiophene rings is 1. The van der Waals surface area contributed by atoms with E-state index in [0.717, 1.165) is 23.5 Å². The smallest absolute Gasteiger partial charge is 0.206 e. The van der Waals surface area contributed by atoms with Crippen molar-refractivity contribution < 1.29 is 17.2 Å². The van der Waals surface area contributed by atoms with Crippen molar-refractivity contribution in [1.29, 1.82) is 0 Å². The summed E-state index contributed by atoms with van der Waals surface area (Å²) in [6, 6.07) is 5.40. The molecule has 20 heavy (non-hydrogen) atoms. The van der Waals surface area contributed by atoms with E-state index in [9.17, 15) is 17.2 Å². The fraction of sp³-hybridized carbons (Fsp3) is 0.167. The molecule has 1 heterocycles. The largest absolute Gasteiger partial charge is 0.250 e. The predicted octanol–water partition coefficient (Wildman–Crippen LogP) is 3.72. The Balaban J connectivity index is 2.22. The van der Waals surface area contributed by atoms with E-state index in [-0.39, 0.29) is 4.21 Å². The lowest BCUT2D eigenvalue weighted by Crippen LogP contribution is -2.26. The lowest BCUT2D eigenvalue weighted by molar-refractivity contribution is 0.504. The lowest BCUT2D eigenvalue weighted by Gasteiger charge is -2.14. The fourth-order valence-electron chi connectivity index (χ4n) is 1.58.